The average Bonchev–Trinajstić information content (AvgIpc) is 2.95. The van der Waals surface area contributed by atoms with E-state index in [2.05, 4.69) is 10.00 Å². The van der Waals surface area contributed by atoms with Crippen LogP contribution in [0.25, 0.3) is 0 Å². The summed E-state index contributed by atoms with van der Waals surface area (Å²) in [6.45, 7) is 2.67. The van der Waals surface area contributed by atoms with Crippen LogP contribution in [0.4, 0.5) is 5.13 Å². The quantitative estimate of drug-likeness (QED) is 0.855. The average molecular weight is 288 g/mol. The minimum Gasteiger partial charge on any atom is -0.347 e. The Balaban J connectivity index is 1.40. The Morgan fingerprint density at radius 2 is 2.25 bits per heavy atom. The molecule has 5 nitrogen and oxygen atoms in total. The third-order valence-corrected chi connectivity index (χ3v) is 5.25. The minimum absolute atomic E-state index is 0.0147. The van der Waals surface area contributed by atoms with Gasteiger partial charge in [-0.3, -0.25) is 4.79 Å². The lowest BCUT2D eigenvalue weighted by atomic mass is 10.0. The Kier molecular flexibility index (Phi) is 2.84. The molecule has 2 aliphatic rings. The van der Waals surface area contributed by atoms with Gasteiger partial charge >= 0.3 is 0 Å². The Hall–Kier alpha value is -1.69. The molecule has 3 heterocycles. The molecule has 1 aliphatic heterocycles. The van der Waals surface area contributed by atoms with E-state index in [1.54, 1.807) is 23.0 Å². The number of hydrogen-bond acceptors (Lipinski definition) is 5. The number of aryl methyl sites for hydroxylation is 2. The van der Waals surface area contributed by atoms with Crippen molar-refractivity contribution in [3.8, 4) is 0 Å². The molecule has 0 aromatic carbocycles. The first-order chi connectivity index (χ1) is 9.79. The third kappa shape index (κ3) is 2.04. The van der Waals surface area contributed by atoms with Crippen LogP contribution in [0.3, 0.4) is 0 Å². The van der Waals surface area contributed by atoms with E-state index in [-0.39, 0.29) is 5.56 Å². The second-order valence-corrected chi connectivity index (χ2v) is 6.60. The van der Waals surface area contributed by atoms with E-state index in [1.807, 2.05) is 11.3 Å². The van der Waals surface area contributed by atoms with Gasteiger partial charge in [-0.15, -0.1) is 11.3 Å². The summed E-state index contributed by atoms with van der Waals surface area (Å²) in [4.78, 5) is 20.1. The number of hydrogen-bond donors (Lipinski definition) is 0. The van der Waals surface area contributed by atoms with Gasteiger partial charge in [0.05, 0.1) is 12.2 Å². The second-order valence-electron chi connectivity index (χ2n) is 5.53. The molecule has 0 amide bonds. The van der Waals surface area contributed by atoms with E-state index < -0.39 is 0 Å². The van der Waals surface area contributed by atoms with Crippen LogP contribution >= 0.6 is 11.3 Å². The van der Waals surface area contributed by atoms with Crippen molar-refractivity contribution in [1.82, 2.24) is 14.8 Å². The maximum atomic E-state index is 11.6. The number of nitrogens with zero attached hydrogens (tertiary/aromatic N) is 4. The van der Waals surface area contributed by atoms with Crippen LogP contribution in [0.1, 0.15) is 17.0 Å². The molecule has 2 aromatic rings. The monoisotopic (exact) mass is 288 g/mol. The highest BCUT2D eigenvalue weighted by Crippen LogP contribution is 2.35. The van der Waals surface area contributed by atoms with E-state index in [9.17, 15) is 4.79 Å². The van der Waals surface area contributed by atoms with Gasteiger partial charge in [-0.25, -0.2) is 9.67 Å². The summed E-state index contributed by atoms with van der Waals surface area (Å²) < 4.78 is 1.56. The molecule has 4 rings (SSSR count). The van der Waals surface area contributed by atoms with Crippen molar-refractivity contribution >= 4 is 16.5 Å². The molecule has 0 N–H and O–H groups in total. The van der Waals surface area contributed by atoms with Gasteiger partial charge in [0.2, 0.25) is 0 Å². The molecule has 1 saturated heterocycles. The summed E-state index contributed by atoms with van der Waals surface area (Å²) in [6, 6.07) is 3.25. The lowest BCUT2D eigenvalue weighted by Crippen LogP contribution is -2.49. The van der Waals surface area contributed by atoms with E-state index in [4.69, 9.17) is 4.98 Å². The van der Waals surface area contributed by atoms with Crippen LogP contribution < -0.4 is 10.5 Å². The summed E-state index contributed by atoms with van der Waals surface area (Å²) in [5.74, 6) is 0.501. The Morgan fingerprint density at radius 3 is 3.05 bits per heavy atom. The predicted molar refractivity (Wildman–Crippen MR) is 78.3 cm³/mol. The summed E-state index contributed by atoms with van der Waals surface area (Å²) >= 11 is 1.85. The van der Waals surface area contributed by atoms with Gasteiger partial charge in [-0.05, 0) is 25.3 Å². The fourth-order valence-electron chi connectivity index (χ4n) is 2.92. The third-order valence-electron chi connectivity index (χ3n) is 4.03. The van der Waals surface area contributed by atoms with Crippen LogP contribution in [0.2, 0.25) is 0 Å². The zero-order chi connectivity index (χ0) is 13.5. The van der Waals surface area contributed by atoms with Crippen LogP contribution in [0.5, 0.6) is 0 Å². The van der Waals surface area contributed by atoms with E-state index in [0.29, 0.717) is 12.5 Å². The number of rotatable bonds is 3. The molecule has 20 heavy (non-hydrogen) atoms. The second kappa shape index (κ2) is 4.70. The number of fused-ring (bicyclic) bond motifs is 1. The van der Waals surface area contributed by atoms with Crippen LogP contribution in [0, 0.1) is 5.92 Å². The SMILES string of the molecule is O=c1cccnn1CC1CN(c2nc3c(s2)CCC3)C1. The largest absolute Gasteiger partial charge is 0.347 e. The van der Waals surface area contributed by atoms with Crippen molar-refractivity contribution < 1.29 is 0 Å². The summed E-state index contributed by atoms with van der Waals surface area (Å²) in [5.41, 5.74) is 1.30. The molecule has 2 aromatic heterocycles. The van der Waals surface area contributed by atoms with Gasteiger partial charge < -0.3 is 4.90 Å². The molecule has 0 bridgehead atoms. The first-order valence-corrected chi connectivity index (χ1v) is 7.87. The smallest absolute Gasteiger partial charge is 0.266 e. The highest BCUT2D eigenvalue weighted by molar-refractivity contribution is 7.15. The summed E-state index contributed by atoms with van der Waals surface area (Å²) in [5, 5.41) is 5.28. The zero-order valence-corrected chi connectivity index (χ0v) is 12.0. The summed E-state index contributed by atoms with van der Waals surface area (Å²) in [7, 11) is 0. The first kappa shape index (κ1) is 12.1. The van der Waals surface area contributed by atoms with Crippen molar-refractivity contribution in [1.29, 1.82) is 0 Å². The van der Waals surface area contributed by atoms with Crippen molar-refractivity contribution in [2.75, 3.05) is 18.0 Å². The molecular weight excluding hydrogens is 272 g/mol. The highest BCUT2D eigenvalue weighted by Gasteiger charge is 2.31. The summed E-state index contributed by atoms with van der Waals surface area (Å²) in [6.07, 6.45) is 5.28. The molecular formula is C14H16N4OS. The van der Waals surface area contributed by atoms with Crippen LogP contribution in [0.15, 0.2) is 23.1 Å². The maximum Gasteiger partial charge on any atom is 0.266 e. The molecule has 0 spiro atoms. The van der Waals surface area contributed by atoms with Gasteiger partial charge in [0.1, 0.15) is 0 Å². The van der Waals surface area contributed by atoms with Crippen molar-refractivity contribution in [3.63, 3.8) is 0 Å². The van der Waals surface area contributed by atoms with Gasteiger partial charge in [-0.1, -0.05) is 0 Å². The van der Waals surface area contributed by atoms with Gasteiger partial charge in [0.15, 0.2) is 5.13 Å². The molecule has 0 unspecified atom stereocenters. The van der Waals surface area contributed by atoms with Crippen molar-refractivity contribution in [2.45, 2.75) is 25.8 Å². The number of anilines is 1. The highest BCUT2D eigenvalue weighted by atomic mass is 32.1. The van der Waals surface area contributed by atoms with E-state index >= 15 is 0 Å². The van der Waals surface area contributed by atoms with Crippen LogP contribution in [-0.4, -0.2) is 27.9 Å². The molecule has 0 radical (unpaired) electrons. The predicted octanol–water partition coefficient (Wildman–Crippen LogP) is 1.32. The van der Waals surface area contributed by atoms with E-state index in [1.165, 1.54) is 28.5 Å². The Morgan fingerprint density at radius 1 is 1.35 bits per heavy atom. The first-order valence-electron chi connectivity index (χ1n) is 7.05. The van der Waals surface area contributed by atoms with Gasteiger partial charge in [0.25, 0.3) is 5.56 Å². The number of thiazole rings is 1. The molecule has 104 valence electrons. The topological polar surface area (TPSA) is 51.0 Å². The maximum absolute atomic E-state index is 11.6. The minimum atomic E-state index is -0.0147. The fraction of sp³-hybridized carbons (Fsp3) is 0.500. The zero-order valence-electron chi connectivity index (χ0n) is 11.2. The molecule has 1 fully saturated rings. The molecule has 0 atom stereocenters. The fourth-order valence-corrected chi connectivity index (χ4v) is 4.09. The normalized spacial score (nSPS) is 18.1. The standard InChI is InChI=1S/C14H16N4OS/c19-13-5-2-6-15-18(13)9-10-7-17(8-10)14-16-11-3-1-4-12(11)20-14/h2,5-6,10H,1,3-4,7-9H2. The Bertz CT molecular complexity index is 665. The van der Waals surface area contributed by atoms with E-state index in [0.717, 1.165) is 19.5 Å². The van der Waals surface area contributed by atoms with Gasteiger partial charge in [0, 0.05) is 36.1 Å². The number of aromatic nitrogens is 3. The Labute approximate surface area is 120 Å². The molecule has 6 heteroatoms. The van der Waals surface area contributed by atoms with Gasteiger partial charge in [-0.2, -0.15) is 5.10 Å². The molecule has 1 aliphatic carbocycles. The lowest BCUT2D eigenvalue weighted by Gasteiger charge is -2.39. The van der Waals surface area contributed by atoms with Crippen molar-refractivity contribution in [2.24, 2.45) is 5.92 Å². The lowest BCUT2D eigenvalue weighted by molar-refractivity contribution is 0.334. The van der Waals surface area contributed by atoms with Crippen molar-refractivity contribution in [3.05, 3.63) is 39.3 Å². The molecule has 0 saturated carbocycles. The van der Waals surface area contributed by atoms with Crippen LogP contribution in [-0.2, 0) is 19.4 Å².